The Morgan fingerprint density at radius 1 is 1.38 bits per heavy atom. The molecule has 0 aliphatic heterocycles. The van der Waals surface area contributed by atoms with Crippen molar-refractivity contribution in [3.8, 4) is 6.07 Å². The number of nitriles is 1. The first-order valence-corrected chi connectivity index (χ1v) is 5.33. The fourth-order valence-corrected chi connectivity index (χ4v) is 1.42. The van der Waals surface area contributed by atoms with Crippen LogP contribution in [0.3, 0.4) is 0 Å². The lowest BCUT2D eigenvalue weighted by Gasteiger charge is -2.05. The highest BCUT2D eigenvalue weighted by molar-refractivity contribution is 5.78. The molecule has 3 heteroatoms. The van der Waals surface area contributed by atoms with E-state index in [1.165, 1.54) is 11.1 Å². The molecular weight excluding hydrogens is 200 g/mol. The number of nitrogens with zero attached hydrogens (tertiary/aromatic N) is 1. The van der Waals surface area contributed by atoms with Gasteiger partial charge in [0.05, 0.1) is 18.9 Å². The van der Waals surface area contributed by atoms with Crippen molar-refractivity contribution in [1.82, 2.24) is 5.32 Å². The van der Waals surface area contributed by atoms with E-state index in [9.17, 15) is 4.79 Å². The average molecular weight is 216 g/mol. The minimum Gasteiger partial charge on any atom is -0.355 e. The molecule has 0 saturated heterocycles. The molecule has 0 aliphatic carbocycles. The van der Waals surface area contributed by atoms with E-state index in [1.807, 2.05) is 38.1 Å². The van der Waals surface area contributed by atoms with Crippen LogP contribution in [0.1, 0.15) is 23.1 Å². The van der Waals surface area contributed by atoms with Gasteiger partial charge in [-0.2, -0.15) is 5.26 Å². The maximum atomic E-state index is 11.5. The topological polar surface area (TPSA) is 52.9 Å². The number of carbonyl (C=O) groups excluding carboxylic acids is 1. The number of hydrogen-bond acceptors (Lipinski definition) is 2. The molecule has 0 fully saturated rings. The molecule has 1 aromatic carbocycles. The molecule has 3 nitrogen and oxygen atoms in total. The standard InChI is InChI=1S/C13H16N2O/c1-10-4-5-12(8-11(10)2)9-13(16)15-7-3-6-14/h4-5,8H,3,7,9H2,1-2H3,(H,15,16). The molecule has 0 radical (unpaired) electrons. The van der Waals surface area contributed by atoms with E-state index in [4.69, 9.17) is 5.26 Å². The number of rotatable bonds is 4. The second kappa shape index (κ2) is 5.92. The van der Waals surface area contributed by atoms with Crippen molar-refractivity contribution >= 4 is 5.91 Å². The first-order valence-electron chi connectivity index (χ1n) is 5.33. The van der Waals surface area contributed by atoms with Gasteiger partial charge in [-0.05, 0) is 30.5 Å². The molecule has 0 saturated carbocycles. The van der Waals surface area contributed by atoms with E-state index in [2.05, 4.69) is 5.32 Å². The Bertz CT molecular complexity index is 418. The third-order valence-corrected chi connectivity index (χ3v) is 2.49. The van der Waals surface area contributed by atoms with Gasteiger partial charge < -0.3 is 5.32 Å². The Kier molecular flexibility index (Phi) is 4.53. The number of hydrogen-bond donors (Lipinski definition) is 1. The van der Waals surface area contributed by atoms with E-state index >= 15 is 0 Å². The van der Waals surface area contributed by atoms with Crippen molar-refractivity contribution in [2.75, 3.05) is 6.54 Å². The van der Waals surface area contributed by atoms with Gasteiger partial charge in [0, 0.05) is 6.54 Å². The highest BCUT2D eigenvalue weighted by atomic mass is 16.1. The first-order chi connectivity index (χ1) is 7.63. The maximum absolute atomic E-state index is 11.5. The fraction of sp³-hybridized carbons (Fsp3) is 0.385. The second-order valence-corrected chi connectivity index (χ2v) is 3.85. The minimum absolute atomic E-state index is 0.0292. The molecule has 1 rings (SSSR count). The quantitative estimate of drug-likeness (QED) is 0.781. The molecular formula is C13H16N2O. The van der Waals surface area contributed by atoms with Crippen LogP contribution in [0.5, 0.6) is 0 Å². The zero-order valence-electron chi connectivity index (χ0n) is 9.71. The van der Waals surface area contributed by atoms with Crippen LogP contribution < -0.4 is 5.32 Å². The molecule has 0 bridgehead atoms. The van der Waals surface area contributed by atoms with Crippen LogP contribution in [0.4, 0.5) is 0 Å². The summed E-state index contributed by atoms with van der Waals surface area (Å²) in [6.07, 6.45) is 0.741. The molecule has 1 amide bonds. The average Bonchev–Trinajstić information content (AvgIpc) is 2.24. The Morgan fingerprint density at radius 2 is 2.12 bits per heavy atom. The van der Waals surface area contributed by atoms with Gasteiger partial charge in [0.1, 0.15) is 0 Å². The van der Waals surface area contributed by atoms with Gasteiger partial charge in [0.25, 0.3) is 0 Å². The highest BCUT2D eigenvalue weighted by Crippen LogP contribution is 2.10. The Labute approximate surface area is 96.1 Å². The van der Waals surface area contributed by atoms with Gasteiger partial charge in [0.2, 0.25) is 5.91 Å². The molecule has 0 heterocycles. The van der Waals surface area contributed by atoms with Gasteiger partial charge in [-0.25, -0.2) is 0 Å². The summed E-state index contributed by atoms with van der Waals surface area (Å²) in [4.78, 5) is 11.5. The molecule has 1 N–H and O–H groups in total. The Balaban J connectivity index is 2.50. The van der Waals surface area contributed by atoms with Crippen LogP contribution in [0.15, 0.2) is 18.2 Å². The van der Waals surface area contributed by atoms with Crippen LogP contribution in [0.2, 0.25) is 0 Å². The summed E-state index contributed by atoms with van der Waals surface area (Å²) in [5.74, 6) is -0.0292. The third-order valence-electron chi connectivity index (χ3n) is 2.49. The summed E-state index contributed by atoms with van der Waals surface area (Å²) in [5, 5.41) is 11.0. The summed E-state index contributed by atoms with van der Waals surface area (Å²) in [7, 11) is 0. The van der Waals surface area contributed by atoms with E-state index in [0.29, 0.717) is 19.4 Å². The second-order valence-electron chi connectivity index (χ2n) is 3.85. The summed E-state index contributed by atoms with van der Waals surface area (Å²) in [5.41, 5.74) is 3.44. The van der Waals surface area contributed by atoms with E-state index in [0.717, 1.165) is 5.56 Å². The molecule has 0 aliphatic rings. The Hall–Kier alpha value is -1.82. The van der Waals surface area contributed by atoms with Crippen molar-refractivity contribution in [2.45, 2.75) is 26.7 Å². The molecule has 0 aromatic heterocycles. The highest BCUT2D eigenvalue weighted by Gasteiger charge is 2.03. The van der Waals surface area contributed by atoms with Crippen molar-refractivity contribution in [2.24, 2.45) is 0 Å². The molecule has 0 unspecified atom stereocenters. The van der Waals surface area contributed by atoms with Crippen molar-refractivity contribution in [3.63, 3.8) is 0 Å². The van der Waals surface area contributed by atoms with E-state index < -0.39 is 0 Å². The number of benzene rings is 1. The van der Waals surface area contributed by atoms with Gasteiger partial charge >= 0.3 is 0 Å². The van der Waals surface area contributed by atoms with Crippen LogP contribution in [0.25, 0.3) is 0 Å². The van der Waals surface area contributed by atoms with Crippen LogP contribution in [-0.4, -0.2) is 12.5 Å². The molecule has 16 heavy (non-hydrogen) atoms. The smallest absolute Gasteiger partial charge is 0.224 e. The minimum atomic E-state index is -0.0292. The lowest BCUT2D eigenvalue weighted by Crippen LogP contribution is -2.25. The third kappa shape index (κ3) is 3.74. The number of aryl methyl sites for hydroxylation is 2. The molecule has 84 valence electrons. The van der Waals surface area contributed by atoms with E-state index in [1.54, 1.807) is 0 Å². The fourth-order valence-electron chi connectivity index (χ4n) is 1.42. The summed E-state index contributed by atoms with van der Waals surface area (Å²) < 4.78 is 0. The predicted octanol–water partition coefficient (Wildman–Crippen LogP) is 1.88. The normalized spacial score (nSPS) is 9.56. The first kappa shape index (κ1) is 12.3. The lowest BCUT2D eigenvalue weighted by atomic mass is 10.0. The van der Waals surface area contributed by atoms with Crippen LogP contribution >= 0.6 is 0 Å². The number of nitrogens with one attached hydrogen (secondary N) is 1. The molecule has 0 spiro atoms. The lowest BCUT2D eigenvalue weighted by molar-refractivity contribution is -0.120. The van der Waals surface area contributed by atoms with Gasteiger partial charge in [-0.3, -0.25) is 4.79 Å². The monoisotopic (exact) mass is 216 g/mol. The van der Waals surface area contributed by atoms with Crippen LogP contribution in [0, 0.1) is 25.2 Å². The molecule has 1 aromatic rings. The number of carbonyl (C=O) groups is 1. The number of amides is 1. The molecule has 0 atom stereocenters. The van der Waals surface area contributed by atoms with Crippen molar-refractivity contribution in [3.05, 3.63) is 34.9 Å². The van der Waals surface area contributed by atoms with Crippen LogP contribution in [-0.2, 0) is 11.2 Å². The zero-order valence-corrected chi connectivity index (χ0v) is 9.71. The summed E-state index contributed by atoms with van der Waals surface area (Å²) in [6, 6.07) is 8.00. The van der Waals surface area contributed by atoms with Gasteiger partial charge in [-0.1, -0.05) is 18.2 Å². The van der Waals surface area contributed by atoms with E-state index in [-0.39, 0.29) is 5.91 Å². The van der Waals surface area contributed by atoms with Gasteiger partial charge in [0.15, 0.2) is 0 Å². The largest absolute Gasteiger partial charge is 0.355 e. The summed E-state index contributed by atoms with van der Waals surface area (Å²) in [6.45, 7) is 4.51. The Morgan fingerprint density at radius 3 is 2.75 bits per heavy atom. The summed E-state index contributed by atoms with van der Waals surface area (Å²) >= 11 is 0. The zero-order chi connectivity index (χ0) is 12.0. The predicted molar refractivity (Wildman–Crippen MR) is 62.9 cm³/mol. The van der Waals surface area contributed by atoms with Crippen molar-refractivity contribution in [1.29, 1.82) is 5.26 Å². The maximum Gasteiger partial charge on any atom is 0.224 e. The van der Waals surface area contributed by atoms with Gasteiger partial charge in [-0.15, -0.1) is 0 Å². The van der Waals surface area contributed by atoms with Crippen molar-refractivity contribution < 1.29 is 4.79 Å². The SMILES string of the molecule is Cc1ccc(CC(=O)NCCC#N)cc1C.